The van der Waals surface area contributed by atoms with Crippen molar-refractivity contribution in [2.75, 3.05) is 20.3 Å². The molecule has 7 heteroatoms. The van der Waals surface area contributed by atoms with E-state index in [-0.39, 0.29) is 17.5 Å². The zero-order chi connectivity index (χ0) is 22.4. The first-order chi connectivity index (χ1) is 15.0. The predicted octanol–water partition coefficient (Wildman–Crippen LogP) is 4.13. The quantitative estimate of drug-likeness (QED) is 0.370. The lowest BCUT2D eigenvalue weighted by Crippen LogP contribution is -2.36. The maximum atomic E-state index is 13.2. The number of nitrogens with zero attached hydrogens (tertiary/aromatic N) is 3. The minimum Gasteiger partial charge on any atom is -0.383 e. The Morgan fingerprint density at radius 1 is 1.13 bits per heavy atom. The van der Waals surface area contributed by atoms with Crippen molar-refractivity contribution in [2.24, 2.45) is 0 Å². The number of carbonyl (C=O) groups is 1. The van der Waals surface area contributed by atoms with Crippen LogP contribution in [0.5, 0.6) is 0 Å². The Kier molecular flexibility index (Phi) is 7.87. The van der Waals surface area contributed by atoms with Gasteiger partial charge in [-0.2, -0.15) is 0 Å². The summed E-state index contributed by atoms with van der Waals surface area (Å²) in [4.78, 5) is 33.0. The highest BCUT2D eigenvalue weighted by molar-refractivity contribution is 8.00. The first kappa shape index (κ1) is 23.0. The van der Waals surface area contributed by atoms with E-state index in [2.05, 4.69) is 0 Å². The fourth-order valence-electron chi connectivity index (χ4n) is 3.53. The Morgan fingerprint density at radius 3 is 2.48 bits per heavy atom. The summed E-state index contributed by atoms with van der Waals surface area (Å²) in [5.74, 6) is 0.0182. The van der Waals surface area contributed by atoms with Crippen molar-refractivity contribution in [1.82, 2.24) is 14.5 Å². The van der Waals surface area contributed by atoms with Crippen LogP contribution in [0.1, 0.15) is 32.4 Å². The molecule has 0 aliphatic heterocycles. The molecule has 0 N–H and O–H groups in total. The molecule has 3 aromatic rings. The van der Waals surface area contributed by atoms with Crippen LogP contribution in [-0.2, 0) is 16.1 Å². The number of hydrogen-bond acceptors (Lipinski definition) is 5. The Hall–Kier alpha value is -2.64. The van der Waals surface area contributed by atoms with Gasteiger partial charge < -0.3 is 9.64 Å². The molecule has 0 spiro atoms. The smallest absolute Gasteiger partial charge is 0.262 e. The second kappa shape index (κ2) is 10.6. The molecule has 0 bridgehead atoms. The molecular formula is C24H29N3O3S. The number of amides is 1. The summed E-state index contributed by atoms with van der Waals surface area (Å²) in [6, 6.07) is 17.0. The maximum Gasteiger partial charge on any atom is 0.262 e. The van der Waals surface area contributed by atoms with Crippen LogP contribution in [0.3, 0.4) is 0 Å². The zero-order valence-electron chi connectivity index (χ0n) is 18.4. The Labute approximate surface area is 187 Å². The van der Waals surface area contributed by atoms with E-state index in [4.69, 9.17) is 9.72 Å². The molecule has 1 aromatic heterocycles. The fourth-order valence-corrected chi connectivity index (χ4v) is 4.62. The van der Waals surface area contributed by atoms with E-state index in [0.717, 1.165) is 5.56 Å². The lowest BCUT2D eigenvalue weighted by Gasteiger charge is -2.25. The number of benzene rings is 2. The third-order valence-electron chi connectivity index (χ3n) is 5.16. The average molecular weight is 440 g/mol. The van der Waals surface area contributed by atoms with Crippen LogP contribution < -0.4 is 5.56 Å². The first-order valence-corrected chi connectivity index (χ1v) is 11.3. The van der Waals surface area contributed by atoms with Crippen molar-refractivity contribution in [1.29, 1.82) is 0 Å². The third-order valence-corrected chi connectivity index (χ3v) is 6.22. The van der Waals surface area contributed by atoms with Gasteiger partial charge in [-0.15, -0.1) is 0 Å². The normalized spacial score (nSPS) is 13.2. The molecule has 6 nitrogen and oxygen atoms in total. The Balaban J connectivity index is 1.91. The van der Waals surface area contributed by atoms with Gasteiger partial charge in [-0.3, -0.25) is 14.2 Å². The van der Waals surface area contributed by atoms with Crippen molar-refractivity contribution in [2.45, 2.75) is 43.8 Å². The van der Waals surface area contributed by atoms with Gasteiger partial charge >= 0.3 is 0 Å². The summed E-state index contributed by atoms with van der Waals surface area (Å²) in [6.07, 6.45) is 0. The third kappa shape index (κ3) is 5.35. The van der Waals surface area contributed by atoms with Crippen LogP contribution in [0.25, 0.3) is 10.9 Å². The summed E-state index contributed by atoms with van der Waals surface area (Å²) in [7, 11) is 1.61. The van der Waals surface area contributed by atoms with E-state index in [9.17, 15) is 9.59 Å². The molecule has 3 rings (SSSR count). The van der Waals surface area contributed by atoms with Gasteiger partial charge in [0.05, 0.1) is 28.8 Å². The first-order valence-electron chi connectivity index (χ1n) is 10.5. The highest BCUT2D eigenvalue weighted by Crippen LogP contribution is 2.26. The molecule has 31 heavy (non-hydrogen) atoms. The molecule has 0 radical (unpaired) electrons. The number of hydrogen-bond donors (Lipinski definition) is 0. The van der Waals surface area contributed by atoms with E-state index < -0.39 is 5.25 Å². The molecule has 0 saturated heterocycles. The topological polar surface area (TPSA) is 64.4 Å². The van der Waals surface area contributed by atoms with Crippen molar-refractivity contribution in [3.05, 3.63) is 70.5 Å². The number of carbonyl (C=O) groups excluding carboxylic acids is 1. The van der Waals surface area contributed by atoms with Gasteiger partial charge in [0, 0.05) is 20.2 Å². The molecule has 164 valence electrons. The molecule has 0 fully saturated rings. The van der Waals surface area contributed by atoms with Gasteiger partial charge in [0.15, 0.2) is 5.16 Å². The zero-order valence-corrected chi connectivity index (χ0v) is 19.3. The molecule has 0 unspecified atom stereocenters. The number of methoxy groups -OCH3 is 1. The summed E-state index contributed by atoms with van der Waals surface area (Å²) in [6.45, 7) is 7.31. The largest absolute Gasteiger partial charge is 0.383 e. The highest BCUT2D eigenvalue weighted by atomic mass is 32.2. The minimum absolute atomic E-state index is 0.0182. The molecule has 2 atom stereocenters. The summed E-state index contributed by atoms with van der Waals surface area (Å²) >= 11 is 1.32. The number of fused-ring (bicyclic) bond motifs is 1. The van der Waals surface area contributed by atoms with Gasteiger partial charge in [0.25, 0.3) is 5.56 Å². The summed E-state index contributed by atoms with van der Waals surface area (Å²) in [5, 5.41) is 0.704. The van der Waals surface area contributed by atoms with Crippen LogP contribution in [0.4, 0.5) is 0 Å². The summed E-state index contributed by atoms with van der Waals surface area (Å²) in [5.41, 5.74) is 1.60. The van der Waals surface area contributed by atoms with Gasteiger partial charge in [-0.25, -0.2) is 4.98 Å². The predicted molar refractivity (Wildman–Crippen MR) is 125 cm³/mol. The van der Waals surface area contributed by atoms with Crippen molar-refractivity contribution in [3.8, 4) is 0 Å². The van der Waals surface area contributed by atoms with Gasteiger partial charge in [-0.1, -0.05) is 54.2 Å². The van der Waals surface area contributed by atoms with E-state index >= 15 is 0 Å². The maximum absolute atomic E-state index is 13.2. The van der Waals surface area contributed by atoms with Crippen molar-refractivity contribution < 1.29 is 9.53 Å². The molecule has 0 aliphatic rings. The fraction of sp³-hybridized carbons (Fsp3) is 0.375. The highest BCUT2D eigenvalue weighted by Gasteiger charge is 2.25. The molecule has 1 amide bonds. The lowest BCUT2D eigenvalue weighted by molar-refractivity contribution is -0.130. The van der Waals surface area contributed by atoms with E-state index in [0.29, 0.717) is 35.8 Å². The van der Waals surface area contributed by atoms with Gasteiger partial charge in [0.1, 0.15) is 0 Å². The lowest BCUT2D eigenvalue weighted by atomic mass is 10.2. The molecule has 2 aromatic carbocycles. The second-order valence-electron chi connectivity index (χ2n) is 7.49. The van der Waals surface area contributed by atoms with Crippen molar-refractivity contribution in [3.63, 3.8) is 0 Å². The van der Waals surface area contributed by atoms with Crippen LogP contribution in [0, 0.1) is 0 Å². The Bertz CT molecular complexity index is 1080. The Morgan fingerprint density at radius 2 is 1.81 bits per heavy atom. The molecule has 0 saturated carbocycles. The van der Waals surface area contributed by atoms with Crippen LogP contribution >= 0.6 is 11.8 Å². The van der Waals surface area contributed by atoms with E-state index in [1.807, 2.05) is 74.2 Å². The number of aromatic nitrogens is 2. The number of rotatable bonds is 9. The van der Waals surface area contributed by atoms with E-state index in [1.54, 1.807) is 17.7 Å². The number of thioether (sulfide) groups is 1. The van der Waals surface area contributed by atoms with E-state index in [1.165, 1.54) is 11.8 Å². The van der Waals surface area contributed by atoms with Gasteiger partial charge in [0.2, 0.25) is 5.91 Å². The SMILES string of the molecule is CCN(Cc1ccccc1)C(=O)[C@H](C)Sc1nc2ccccc2c(=O)n1[C@H](C)COC. The average Bonchev–Trinajstić information content (AvgIpc) is 2.78. The second-order valence-corrected chi connectivity index (χ2v) is 8.80. The number of para-hydroxylation sites is 1. The monoisotopic (exact) mass is 439 g/mol. The molecular weight excluding hydrogens is 410 g/mol. The molecule has 1 heterocycles. The van der Waals surface area contributed by atoms with Crippen LogP contribution in [-0.4, -0.2) is 45.9 Å². The number of ether oxygens (including phenoxy) is 1. The van der Waals surface area contributed by atoms with Gasteiger partial charge in [-0.05, 0) is 38.5 Å². The summed E-state index contributed by atoms with van der Waals surface area (Å²) < 4.78 is 6.93. The minimum atomic E-state index is -0.391. The molecule has 0 aliphatic carbocycles. The van der Waals surface area contributed by atoms with Crippen LogP contribution in [0.15, 0.2) is 64.5 Å². The van der Waals surface area contributed by atoms with Crippen LogP contribution in [0.2, 0.25) is 0 Å². The standard InChI is InChI=1S/C24H29N3O3S/c1-5-26(15-19-11-7-6-8-12-19)22(28)18(3)31-24-25-21-14-10-9-13-20(21)23(29)27(24)17(2)16-30-4/h6-14,17-18H,5,15-16H2,1-4H3/t17-,18+/m1/s1. The van der Waals surface area contributed by atoms with Crippen molar-refractivity contribution >= 4 is 28.6 Å².